The molecule has 114 valence electrons. The molecule has 5 nitrogen and oxygen atoms in total. The number of carbonyl (C=O) groups excluding carboxylic acids is 1. The van der Waals surface area contributed by atoms with Crippen molar-refractivity contribution in [1.29, 1.82) is 0 Å². The Balaban J connectivity index is 3.56. The quantitative estimate of drug-likeness (QED) is 0.548. The second kappa shape index (κ2) is 11.2. The molecule has 0 aromatic carbocycles. The number of carbonyl (C=O) groups is 1. The topological polar surface area (TPSA) is 53.6 Å². The lowest BCUT2D eigenvalue weighted by molar-refractivity contribution is -0.122. The van der Waals surface area contributed by atoms with E-state index in [9.17, 15) is 4.79 Å². The maximum Gasteiger partial charge on any atom is 0.236 e. The van der Waals surface area contributed by atoms with Gasteiger partial charge in [0.1, 0.15) is 0 Å². The Morgan fingerprint density at radius 3 is 2.47 bits per heavy atom. The molecule has 0 spiro atoms. The molecule has 2 N–H and O–H groups in total. The van der Waals surface area contributed by atoms with Gasteiger partial charge in [0.2, 0.25) is 5.91 Å². The zero-order valence-electron chi connectivity index (χ0n) is 13.2. The first-order valence-electron chi connectivity index (χ1n) is 7.19. The van der Waals surface area contributed by atoms with Crippen LogP contribution in [0, 0.1) is 0 Å². The van der Waals surface area contributed by atoms with E-state index in [1.165, 1.54) is 0 Å². The van der Waals surface area contributed by atoms with Gasteiger partial charge in [-0.05, 0) is 53.8 Å². The molecule has 0 aromatic rings. The average Bonchev–Trinajstić information content (AvgIpc) is 2.38. The van der Waals surface area contributed by atoms with Gasteiger partial charge in [-0.25, -0.2) is 0 Å². The van der Waals surface area contributed by atoms with E-state index in [1.54, 1.807) is 7.11 Å². The van der Waals surface area contributed by atoms with E-state index in [1.807, 2.05) is 6.92 Å². The minimum absolute atomic E-state index is 0.0633. The van der Waals surface area contributed by atoms with Gasteiger partial charge in [0.25, 0.3) is 0 Å². The summed E-state index contributed by atoms with van der Waals surface area (Å²) < 4.78 is 4.93. The van der Waals surface area contributed by atoms with Crippen molar-refractivity contribution in [3.8, 4) is 0 Å². The van der Waals surface area contributed by atoms with Gasteiger partial charge >= 0.3 is 0 Å². The predicted molar refractivity (Wildman–Crippen MR) is 79.4 cm³/mol. The normalized spacial score (nSPS) is 13.0. The number of amides is 1. The molecular weight excluding hydrogens is 242 g/mol. The second-order valence-corrected chi connectivity index (χ2v) is 5.24. The summed E-state index contributed by atoms with van der Waals surface area (Å²) in [7, 11) is 3.79. The third kappa shape index (κ3) is 9.87. The summed E-state index contributed by atoms with van der Waals surface area (Å²) in [6.45, 7) is 9.54. The van der Waals surface area contributed by atoms with E-state index in [4.69, 9.17) is 4.74 Å². The van der Waals surface area contributed by atoms with Crippen molar-refractivity contribution >= 4 is 5.91 Å². The molecule has 19 heavy (non-hydrogen) atoms. The number of hydrogen-bond acceptors (Lipinski definition) is 4. The zero-order chi connectivity index (χ0) is 14.7. The molecule has 0 aromatic heterocycles. The predicted octanol–water partition coefficient (Wildman–Crippen LogP) is 0.848. The van der Waals surface area contributed by atoms with Gasteiger partial charge in [-0.1, -0.05) is 0 Å². The fraction of sp³-hybridized carbons (Fsp3) is 0.929. The monoisotopic (exact) mass is 273 g/mol. The van der Waals surface area contributed by atoms with E-state index in [0.29, 0.717) is 19.2 Å². The summed E-state index contributed by atoms with van der Waals surface area (Å²) >= 11 is 0. The highest BCUT2D eigenvalue weighted by atomic mass is 16.5. The van der Waals surface area contributed by atoms with Crippen molar-refractivity contribution in [2.45, 2.75) is 45.7 Å². The zero-order valence-corrected chi connectivity index (χ0v) is 13.2. The molecule has 5 heteroatoms. The molecule has 0 heterocycles. The Labute approximate surface area is 118 Å². The van der Waals surface area contributed by atoms with E-state index in [-0.39, 0.29) is 11.9 Å². The Morgan fingerprint density at radius 1 is 1.21 bits per heavy atom. The van der Waals surface area contributed by atoms with Crippen LogP contribution < -0.4 is 10.6 Å². The Hall–Kier alpha value is -0.650. The first-order chi connectivity index (χ1) is 8.99. The van der Waals surface area contributed by atoms with E-state index >= 15 is 0 Å². The fourth-order valence-corrected chi connectivity index (χ4v) is 1.58. The van der Waals surface area contributed by atoms with Crippen LogP contribution >= 0.6 is 0 Å². The van der Waals surface area contributed by atoms with Gasteiger partial charge in [0.15, 0.2) is 0 Å². The Bertz CT molecular complexity index is 235. The summed E-state index contributed by atoms with van der Waals surface area (Å²) in [5.74, 6) is 0.0633. The second-order valence-electron chi connectivity index (χ2n) is 5.24. The van der Waals surface area contributed by atoms with Gasteiger partial charge in [-0.3, -0.25) is 4.79 Å². The van der Waals surface area contributed by atoms with Crippen LogP contribution in [0.3, 0.4) is 0 Å². The van der Waals surface area contributed by atoms with Crippen molar-refractivity contribution in [1.82, 2.24) is 15.5 Å². The molecule has 0 aliphatic heterocycles. The van der Waals surface area contributed by atoms with E-state index < -0.39 is 0 Å². The summed E-state index contributed by atoms with van der Waals surface area (Å²) in [4.78, 5) is 14.0. The van der Waals surface area contributed by atoms with Crippen molar-refractivity contribution < 1.29 is 9.53 Å². The third-order valence-corrected chi connectivity index (χ3v) is 3.24. The summed E-state index contributed by atoms with van der Waals surface area (Å²) in [6.07, 6.45) is 1.91. The number of hydrogen-bond donors (Lipinski definition) is 2. The molecule has 1 atom stereocenters. The lowest BCUT2D eigenvalue weighted by atomic mass is 10.2. The van der Waals surface area contributed by atoms with E-state index in [2.05, 4.69) is 36.4 Å². The van der Waals surface area contributed by atoms with Crippen LogP contribution in [0.15, 0.2) is 0 Å². The van der Waals surface area contributed by atoms with Gasteiger partial charge in [0.05, 0.1) is 6.04 Å². The molecular formula is C14H31N3O2. The summed E-state index contributed by atoms with van der Waals surface area (Å²) in [5.41, 5.74) is 0. The number of methoxy groups -OCH3 is 1. The third-order valence-electron chi connectivity index (χ3n) is 3.24. The molecule has 0 aliphatic carbocycles. The lowest BCUT2D eigenvalue weighted by Crippen LogP contribution is -2.43. The highest BCUT2D eigenvalue weighted by molar-refractivity contribution is 5.81. The van der Waals surface area contributed by atoms with Crippen LogP contribution in [0.25, 0.3) is 0 Å². The first-order valence-corrected chi connectivity index (χ1v) is 7.19. The number of nitrogens with zero attached hydrogens (tertiary/aromatic N) is 1. The molecule has 0 bridgehead atoms. The van der Waals surface area contributed by atoms with Crippen molar-refractivity contribution in [2.75, 3.05) is 40.4 Å². The first kappa shape index (κ1) is 18.4. The Morgan fingerprint density at radius 2 is 1.89 bits per heavy atom. The van der Waals surface area contributed by atoms with Gasteiger partial charge in [-0.15, -0.1) is 0 Å². The van der Waals surface area contributed by atoms with Gasteiger partial charge in [-0.2, -0.15) is 0 Å². The van der Waals surface area contributed by atoms with Crippen molar-refractivity contribution in [3.05, 3.63) is 0 Å². The molecule has 0 fully saturated rings. The SMILES string of the molecule is COCCCNC(=O)C(C)NCCCN(C)C(C)C. The highest BCUT2D eigenvalue weighted by Gasteiger charge is 2.11. The summed E-state index contributed by atoms with van der Waals surface area (Å²) in [5, 5.41) is 6.14. The van der Waals surface area contributed by atoms with Crippen LogP contribution in [0.1, 0.15) is 33.6 Å². The number of nitrogens with one attached hydrogen (secondary N) is 2. The lowest BCUT2D eigenvalue weighted by Gasteiger charge is -2.21. The Kier molecular flexibility index (Phi) is 10.8. The maximum atomic E-state index is 11.7. The molecule has 0 saturated heterocycles. The van der Waals surface area contributed by atoms with Crippen molar-refractivity contribution in [2.24, 2.45) is 0 Å². The maximum absolute atomic E-state index is 11.7. The molecule has 0 radical (unpaired) electrons. The largest absolute Gasteiger partial charge is 0.385 e. The van der Waals surface area contributed by atoms with Crippen molar-refractivity contribution in [3.63, 3.8) is 0 Å². The average molecular weight is 273 g/mol. The standard InChI is InChI=1S/C14H31N3O2/c1-12(2)17(4)10-6-8-15-13(3)14(18)16-9-7-11-19-5/h12-13,15H,6-11H2,1-5H3,(H,16,18). The van der Waals surface area contributed by atoms with Crippen LogP contribution in [0.4, 0.5) is 0 Å². The summed E-state index contributed by atoms with van der Waals surface area (Å²) in [6, 6.07) is 0.438. The highest BCUT2D eigenvalue weighted by Crippen LogP contribution is 1.94. The fourth-order valence-electron chi connectivity index (χ4n) is 1.58. The van der Waals surface area contributed by atoms with Crippen LogP contribution in [-0.2, 0) is 9.53 Å². The smallest absolute Gasteiger partial charge is 0.236 e. The van der Waals surface area contributed by atoms with Crippen LogP contribution in [0.5, 0.6) is 0 Å². The molecule has 0 aliphatic rings. The molecule has 0 saturated carbocycles. The van der Waals surface area contributed by atoms with Crippen LogP contribution in [-0.4, -0.2) is 63.3 Å². The number of ether oxygens (including phenoxy) is 1. The molecule has 1 unspecified atom stereocenters. The van der Waals surface area contributed by atoms with E-state index in [0.717, 1.165) is 25.9 Å². The molecule has 0 rings (SSSR count). The van der Waals surface area contributed by atoms with Crippen LogP contribution in [0.2, 0.25) is 0 Å². The minimum atomic E-state index is -0.132. The minimum Gasteiger partial charge on any atom is -0.385 e. The van der Waals surface area contributed by atoms with Gasteiger partial charge in [0, 0.05) is 26.3 Å². The molecule has 1 amide bonds. The van der Waals surface area contributed by atoms with Gasteiger partial charge < -0.3 is 20.3 Å². The number of rotatable bonds is 11.